The molecule has 0 bridgehead atoms. The van der Waals surface area contributed by atoms with Crippen molar-refractivity contribution in [3.8, 4) is 5.75 Å². The molecule has 1 amide bonds. The first kappa shape index (κ1) is 14.5. The van der Waals surface area contributed by atoms with Crippen molar-refractivity contribution >= 4 is 11.8 Å². The molecular formula is C14H23N2O2+. The molecule has 0 aliphatic heterocycles. The van der Waals surface area contributed by atoms with Crippen molar-refractivity contribution in [3.05, 3.63) is 23.8 Å². The van der Waals surface area contributed by atoms with Crippen molar-refractivity contribution < 1.29 is 9.53 Å². The lowest BCUT2D eigenvalue weighted by Crippen LogP contribution is -2.35. The zero-order valence-corrected chi connectivity index (χ0v) is 12.1. The van der Waals surface area contributed by atoms with Gasteiger partial charge < -0.3 is 10.1 Å². The van der Waals surface area contributed by atoms with Crippen LogP contribution >= 0.6 is 0 Å². The van der Waals surface area contributed by atoms with Gasteiger partial charge in [0.05, 0.1) is 21.1 Å². The van der Waals surface area contributed by atoms with Gasteiger partial charge in [-0.1, -0.05) is 13.8 Å². The second-order valence-corrected chi connectivity index (χ2v) is 5.57. The Bertz CT molecular complexity index is 434. The molecule has 1 N–H and O–H groups in total. The molecule has 0 radical (unpaired) electrons. The predicted octanol–water partition coefficient (Wildman–Crippen LogP) is 2.72. The van der Waals surface area contributed by atoms with Gasteiger partial charge >= 0.3 is 6.09 Å². The van der Waals surface area contributed by atoms with Crippen LogP contribution in [0.2, 0.25) is 0 Å². The SMILES string of the molecule is CNC(=O)Oc1cc(C(C)C)cc([N+](C)(C)C)c1. The molecule has 4 nitrogen and oxygen atoms in total. The van der Waals surface area contributed by atoms with Gasteiger partial charge in [0.25, 0.3) is 0 Å². The van der Waals surface area contributed by atoms with Gasteiger partial charge in [-0.2, -0.15) is 0 Å². The van der Waals surface area contributed by atoms with E-state index in [4.69, 9.17) is 4.74 Å². The Labute approximate surface area is 109 Å². The van der Waals surface area contributed by atoms with E-state index in [9.17, 15) is 4.79 Å². The number of carbonyl (C=O) groups is 1. The van der Waals surface area contributed by atoms with E-state index in [1.54, 1.807) is 7.05 Å². The maximum Gasteiger partial charge on any atom is 0.412 e. The fourth-order valence-corrected chi connectivity index (χ4v) is 1.54. The lowest BCUT2D eigenvalue weighted by Gasteiger charge is -2.25. The number of nitrogens with one attached hydrogen (secondary N) is 1. The zero-order valence-electron chi connectivity index (χ0n) is 12.1. The van der Waals surface area contributed by atoms with Crippen molar-refractivity contribution in [1.29, 1.82) is 0 Å². The van der Waals surface area contributed by atoms with E-state index in [-0.39, 0.29) is 0 Å². The van der Waals surface area contributed by atoms with Gasteiger partial charge in [0, 0.05) is 19.2 Å². The smallest absolute Gasteiger partial charge is 0.410 e. The maximum absolute atomic E-state index is 11.3. The zero-order chi connectivity index (χ0) is 13.9. The van der Waals surface area contributed by atoms with E-state index in [2.05, 4.69) is 46.4 Å². The summed E-state index contributed by atoms with van der Waals surface area (Å²) in [5.74, 6) is 0.979. The number of nitrogens with zero attached hydrogens (tertiary/aromatic N) is 1. The molecule has 0 aromatic heterocycles. The second-order valence-electron chi connectivity index (χ2n) is 5.57. The van der Waals surface area contributed by atoms with Crippen molar-refractivity contribution in [2.45, 2.75) is 19.8 Å². The Hall–Kier alpha value is -1.55. The fourth-order valence-electron chi connectivity index (χ4n) is 1.54. The Kier molecular flexibility index (Phi) is 4.35. The molecule has 0 aliphatic carbocycles. The van der Waals surface area contributed by atoms with Crippen LogP contribution in [-0.2, 0) is 0 Å². The van der Waals surface area contributed by atoms with Crippen molar-refractivity contribution in [1.82, 2.24) is 9.80 Å². The maximum atomic E-state index is 11.3. The van der Waals surface area contributed by atoms with Gasteiger partial charge in [0.2, 0.25) is 0 Å². The number of quaternary nitrogens is 1. The van der Waals surface area contributed by atoms with Crippen LogP contribution in [0, 0.1) is 0 Å². The Balaban J connectivity index is 3.18. The Morgan fingerprint density at radius 1 is 1.22 bits per heavy atom. The molecule has 1 rings (SSSR count). The minimum Gasteiger partial charge on any atom is -0.410 e. The average molecular weight is 251 g/mol. The molecule has 100 valence electrons. The Morgan fingerprint density at radius 2 is 1.83 bits per heavy atom. The van der Waals surface area contributed by atoms with E-state index in [0.717, 1.165) is 5.69 Å². The number of rotatable bonds is 3. The normalized spacial score (nSPS) is 11.5. The molecule has 1 aromatic rings. The van der Waals surface area contributed by atoms with Crippen LogP contribution < -0.4 is 14.5 Å². The number of benzene rings is 1. The lowest BCUT2D eigenvalue weighted by atomic mass is 10.0. The highest BCUT2D eigenvalue weighted by atomic mass is 16.5. The summed E-state index contributed by atoms with van der Waals surface area (Å²) in [5.41, 5.74) is 2.28. The quantitative estimate of drug-likeness (QED) is 0.839. The monoisotopic (exact) mass is 251 g/mol. The predicted molar refractivity (Wildman–Crippen MR) is 75.2 cm³/mol. The van der Waals surface area contributed by atoms with E-state index < -0.39 is 6.09 Å². The van der Waals surface area contributed by atoms with Gasteiger partial charge in [0.15, 0.2) is 0 Å². The minimum absolute atomic E-state index is 0.392. The van der Waals surface area contributed by atoms with Crippen LogP contribution in [0.4, 0.5) is 10.5 Å². The number of ether oxygens (including phenoxy) is 1. The fraction of sp³-hybridized carbons (Fsp3) is 0.500. The first-order valence-electron chi connectivity index (χ1n) is 6.10. The largest absolute Gasteiger partial charge is 0.412 e. The third-order valence-corrected chi connectivity index (χ3v) is 2.77. The van der Waals surface area contributed by atoms with E-state index in [1.807, 2.05) is 12.1 Å². The molecule has 4 heteroatoms. The standard InChI is InChI=1S/C14H22N2O2/c1-10(2)11-7-12(16(4,5)6)9-13(8-11)18-14(17)15-3/h7-10H,1-6H3/p+1. The van der Waals surface area contributed by atoms with E-state index in [1.165, 1.54) is 5.56 Å². The van der Waals surface area contributed by atoms with E-state index >= 15 is 0 Å². The summed E-state index contributed by atoms with van der Waals surface area (Å²) in [4.78, 5) is 11.3. The van der Waals surface area contributed by atoms with Crippen LogP contribution in [0.3, 0.4) is 0 Å². The molecule has 0 saturated heterocycles. The van der Waals surface area contributed by atoms with Crippen LogP contribution in [0.5, 0.6) is 5.75 Å². The summed E-state index contributed by atoms with van der Waals surface area (Å²) in [5, 5.41) is 2.45. The number of amides is 1. The van der Waals surface area contributed by atoms with Crippen molar-refractivity contribution in [2.75, 3.05) is 28.2 Å². The molecule has 0 aliphatic rings. The summed E-state index contributed by atoms with van der Waals surface area (Å²) < 4.78 is 5.92. The minimum atomic E-state index is -0.441. The summed E-state index contributed by atoms with van der Waals surface area (Å²) >= 11 is 0. The summed E-state index contributed by atoms with van der Waals surface area (Å²) in [6, 6.07) is 5.97. The second kappa shape index (κ2) is 5.40. The molecule has 0 saturated carbocycles. The number of carbonyl (C=O) groups excluding carboxylic acids is 1. The van der Waals surface area contributed by atoms with Crippen LogP contribution in [0.25, 0.3) is 0 Å². The third kappa shape index (κ3) is 3.74. The third-order valence-electron chi connectivity index (χ3n) is 2.77. The van der Waals surface area contributed by atoms with Gasteiger partial charge in [0.1, 0.15) is 11.4 Å². The molecule has 18 heavy (non-hydrogen) atoms. The van der Waals surface area contributed by atoms with Crippen LogP contribution in [0.15, 0.2) is 18.2 Å². The summed E-state index contributed by atoms with van der Waals surface area (Å²) in [7, 11) is 7.81. The Morgan fingerprint density at radius 3 is 2.28 bits per heavy atom. The molecule has 1 aromatic carbocycles. The van der Waals surface area contributed by atoms with Gasteiger partial charge in [-0.15, -0.1) is 0 Å². The highest BCUT2D eigenvalue weighted by Crippen LogP contribution is 2.29. The first-order chi connectivity index (χ1) is 8.24. The molecule has 0 atom stereocenters. The highest BCUT2D eigenvalue weighted by molar-refractivity contribution is 5.70. The molecule has 0 fully saturated rings. The van der Waals surface area contributed by atoms with Crippen LogP contribution in [-0.4, -0.2) is 34.3 Å². The van der Waals surface area contributed by atoms with Crippen molar-refractivity contribution in [2.24, 2.45) is 0 Å². The van der Waals surface area contributed by atoms with Gasteiger partial charge in [-0.25, -0.2) is 4.79 Å². The van der Waals surface area contributed by atoms with E-state index in [0.29, 0.717) is 16.2 Å². The number of hydrogen-bond acceptors (Lipinski definition) is 2. The lowest BCUT2D eigenvalue weighted by molar-refractivity contribution is 0.203. The average Bonchev–Trinajstić information content (AvgIpc) is 2.27. The van der Waals surface area contributed by atoms with Crippen molar-refractivity contribution in [3.63, 3.8) is 0 Å². The molecule has 0 spiro atoms. The molecule has 0 heterocycles. The molecule has 0 unspecified atom stereocenters. The molecular weight excluding hydrogens is 228 g/mol. The van der Waals surface area contributed by atoms with Gasteiger partial charge in [-0.3, -0.25) is 4.48 Å². The number of hydrogen-bond donors (Lipinski definition) is 1. The summed E-state index contributed by atoms with van der Waals surface area (Å²) in [6.45, 7) is 4.25. The topological polar surface area (TPSA) is 38.3 Å². The van der Waals surface area contributed by atoms with Crippen LogP contribution in [0.1, 0.15) is 25.3 Å². The van der Waals surface area contributed by atoms with Gasteiger partial charge in [-0.05, 0) is 17.5 Å². The summed E-state index contributed by atoms with van der Waals surface area (Å²) in [6.07, 6.45) is -0.441. The first-order valence-corrected chi connectivity index (χ1v) is 6.10. The highest BCUT2D eigenvalue weighted by Gasteiger charge is 2.17.